The first-order chi connectivity index (χ1) is 13.0. The molecule has 0 aliphatic carbocycles. The molecule has 0 radical (unpaired) electrons. The average Bonchev–Trinajstić information content (AvgIpc) is 3.25. The summed E-state index contributed by atoms with van der Waals surface area (Å²) >= 11 is 0. The van der Waals surface area contributed by atoms with Gasteiger partial charge in [-0.05, 0) is 20.3 Å². The molecule has 0 aliphatic heterocycles. The summed E-state index contributed by atoms with van der Waals surface area (Å²) in [5.74, 6) is 0. The molecule has 0 bridgehead atoms. The van der Waals surface area contributed by atoms with Gasteiger partial charge in [0.15, 0.2) is 0 Å². The molecular formula is C26H29PTi. The molecule has 0 aliphatic rings. The Morgan fingerprint density at radius 3 is 1.82 bits per heavy atom. The number of allylic oxidation sites excluding steroid dienone is 3. The maximum Gasteiger partial charge on any atom is 2.00 e. The van der Waals surface area contributed by atoms with Gasteiger partial charge in [-0.15, -0.1) is 88.9 Å². The van der Waals surface area contributed by atoms with Crippen molar-refractivity contribution in [2.24, 2.45) is 0 Å². The second kappa shape index (κ2) is 12.7. The first kappa shape index (κ1) is 24.3. The maximum atomic E-state index is 3.46. The Hall–Kier alpha value is -1.72. The molecule has 0 nitrogen and oxygen atoms in total. The number of hydrogen-bond donors (Lipinski definition) is 0. The summed E-state index contributed by atoms with van der Waals surface area (Å²) in [4.78, 5) is 0. The molecule has 0 amide bonds. The smallest absolute Gasteiger partial charge is 0.165 e. The van der Waals surface area contributed by atoms with E-state index in [4.69, 9.17) is 0 Å². The second-order valence-electron chi connectivity index (χ2n) is 6.66. The molecule has 142 valence electrons. The predicted molar refractivity (Wildman–Crippen MR) is 127 cm³/mol. The third-order valence-corrected chi connectivity index (χ3v) is 5.50. The minimum Gasteiger partial charge on any atom is -0.165 e. The molecule has 2 heteroatoms. The summed E-state index contributed by atoms with van der Waals surface area (Å²) in [5, 5.41) is 6.96. The van der Waals surface area contributed by atoms with Crippen molar-refractivity contribution in [3.8, 4) is 0 Å². The van der Waals surface area contributed by atoms with E-state index < -0.39 is 0 Å². The summed E-state index contributed by atoms with van der Waals surface area (Å²) in [6, 6.07) is 26.0. The van der Waals surface area contributed by atoms with Gasteiger partial charge >= 0.3 is 21.7 Å². The minimum atomic E-state index is 0. The van der Waals surface area contributed by atoms with E-state index in [1.54, 1.807) is 6.08 Å². The van der Waals surface area contributed by atoms with Crippen molar-refractivity contribution in [3.63, 3.8) is 0 Å². The molecule has 0 spiro atoms. The largest absolute Gasteiger partial charge is 2.00 e. The monoisotopic (exact) mass is 420 g/mol. The van der Waals surface area contributed by atoms with Gasteiger partial charge in [-0.25, -0.2) is 0 Å². The normalized spacial score (nSPS) is 10.2. The zero-order valence-corrected chi connectivity index (χ0v) is 19.8. The molecular weight excluding hydrogens is 391 g/mol. The molecule has 4 rings (SSSR count). The van der Waals surface area contributed by atoms with Crippen LogP contribution < -0.4 is 5.30 Å². The van der Waals surface area contributed by atoms with Crippen LogP contribution in [0.25, 0.3) is 21.5 Å². The Bertz CT molecular complexity index is 935. The predicted octanol–water partition coefficient (Wildman–Crippen LogP) is 7.54. The SMILES string of the molecule is C=C/C=C/C.CP(C)c1cc2ccccc2[cH-]1.Cc1cc2ccccc2[cH-]1.[Ti+2]. The van der Waals surface area contributed by atoms with Crippen molar-refractivity contribution in [1.82, 2.24) is 0 Å². The van der Waals surface area contributed by atoms with Crippen LogP contribution in [0.4, 0.5) is 0 Å². The molecule has 4 aromatic carbocycles. The summed E-state index contributed by atoms with van der Waals surface area (Å²) in [6.07, 6.45) is 5.58. The zero-order chi connectivity index (χ0) is 19.6. The second-order valence-corrected chi connectivity index (χ2v) is 8.97. The maximum absolute atomic E-state index is 3.46. The summed E-state index contributed by atoms with van der Waals surface area (Å²) in [7, 11) is 0.0576. The molecule has 0 saturated heterocycles. The van der Waals surface area contributed by atoms with Crippen LogP contribution >= 0.6 is 7.92 Å². The minimum absolute atomic E-state index is 0. The Morgan fingerprint density at radius 1 is 0.857 bits per heavy atom. The van der Waals surface area contributed by atoms with Crippen molar-refractivity contribution in [2.75, 3.05) is 13.3 Å². The molecule has 0 atom stereocenters. The Morgan fingerprint density at radius 2 is 1.39 bits per heavy atom. The van der Waals surface area contributed by atoms with Crippen molar-refractivity contribution >= 4 is 34.8 Å². The third-order valence-electron chi connectivity index (χ3n) is 4.21. The zero-order valence-electron chi connectivity index (χ0n) is 17.3. The molecule has 0 saturated carbocycles. The fourth-order valence-corrected chi connectivity index (χ4v) is 3.63. The van der Waals surface area contributed by atoms with Gasteiger partial charge < -0.3 is 0 Å². The van der Waals surface area contributed by atoms with Crippen molar-refractivity contribution < 1.29 is 21.7 Å². The van der Waals surface area contributed by atoms with Crippen molar-refractivity contribution in [1.29, 1.82) is 0 Å². The van der Waals surface area contributed by atoms with E-state index in [-0.39, 0.29) is 29.6 Å². The van der Waals surface area contributed by atoms with Gasteiger partial charge in [-0.1, -0.05) is 43.9 Å². The van der Waals surface area contributed by atoms with Gasteiger partial charge in [0.2, 0.25) is 0 Å². The third kappa shape index (κ3) is 7.36. The van der Waals surface area contributed by atoms with Crippen LogP contribution in [0.15, 0.2) is 97.6 Å². The summed E-state index contributed by atoms with van der Waals surface area (Å²) < 4.78 is 0. The molecule has 0 N–H and O–H groups in total. The number of benzene rings is 2. The van der Waals surface area contributed by atoms with Gasteiger partial charge in [0.1, 0.15) is 0 Å². The van der Waals surface area contributed by atoms with Crippen LogP contribution in [0, 0.1) is 6.92 Å². The summed E-state index contributed by atoms with van der Waals surface area (Å²) in [5.41, 5.74) is 1.35. The first-order valence-corrected chi connectivity index (χ1v) is 11.5. The van der Waals surface area contributed by atoms with E-state index in [1.807, 2.05) is 19.1 Å². The van der Waals surface area contributed by atoms with Crippen LogP contribution in [-0.4, -0.2) is 13.3 Å². The standard InChI is InChI=1S/C11H12P.C10H9.C5H8.Ti/c1-12(2)11-7-9-5-3-4-6-10(9)8-11;1-8-6-9-4-2-3-5-10(9)7-8;1-3-5-4-2;/h3-8H,1-2H3;2-7H,1H3;3-5H,1H2,2H3;/q2*-1;;+2/b;;5-4+;. The number of fused-ring (bicyclic) bond motifs is 2. The van der Waals surface area contributed by atoms with Crippen LogP contribution in [0.1, 0.15) is 12.5 Å². The van der Waals surface area contributed by atoms with Crippen LogP contribution in [-0.2, 0) is 21.7 Å². The van der Waals surface area contributed by atoms with E-state index >= 15 is 0 Å². The average molecular weight is 420 g/mol. The van der Waals surface area contributed by atoms with E-state index in [9.17, 15) is 0 Å². The Kier molecular flexibility index (Phi) is 11.0. The molecule has 0 aromatic heterocycles. The van der Waals surface area contributed by atoms with E-state index in [2.05, 4.69) is 99.6 Å². The fraction of sp³-hybridized carbons (Fsp3) is 0.154. The van der Waals surface area contributed by atoms with E-state index in [0.29, 0.717) is 0 Å². The van der Waals surface area contributed by atoms with Gasteiger partial charge in [-0.2, -0.15) is 12.1 Å². The van der Waals surface area contributed by atoms with Gasteiger partial charge in [0, 0.05) is 0 Å². The van der Waals surface area contributed by atoms with Gasteiger partial charge in [0.05, 0.1) is 0 Å². The number of aryl methyl sites for hydroxylation is 1. The molecule has 4 aromatic rings. The molecule has 0 unspecified atom stereocenters. The van der Waals surface area contributed by atoms with E-state index in [1.165, 1.54) is 32.4 Å². The molecule has 0 fully saturated rings. The van der Waals surface area contributed by atoms with Gasteiger partial charge in [0.25, 0.3) is 0 Å². The van der Waals surface area contributed by atoms with Crippen molar-refractivity contribution in [2.45, 2.75) is 13.8 Å². The number of hydrogen-bond acceptors (Lipinski definition) is 0. The fourth-order valence-electron chi connectivity index (χ4n) is 2.83. The van der Waals surface area contributed by atoms with Crippen LogP contribution in [0.3, 0.4) is 0 Å². The van der Waals surface area contributed by atoms with Crippen molar-refractivity contribution in [3.05, 3.63) is 103 Å². The van der Waals surface area contributed by atoms with Crippen LogP contribution in [0.5, 0.6) is 0 Å². The summed E-state index contributed by atoms with van der Waals surface area (Å²) in [6.45, 7) is 12.1. The Balaban J connectivity index is 0.000000224. The molecule has 28 heavy (non-hydrogen) atoms. The van der Waals surface area contributed by atoms with E-state index in [0.717, 1.165) is 0 Å². The first-order valence-electron chi connectivity index (χ1n) is 9.23. The number of rotatable bonds is 2. The van der Waals surface area contributed by atoms with Crippen LogP contribution in [0.2, 0.25) is 0 Å². The Labute approximate surface area is 186 Å². The topological polar surface area (TPSA) is 0 Å². The molecule has 0 heterocycles. The van der Waals surface area contributed by atoms with Gasteiger partial charge in [-0.3, -0.25) is 0 Å². The quantitative estimate of drug-likeness (QED) is 0.136.